The van der Waals surface area contributed by atoms with Gasteiger partial charge in [-0.1, -0.05) is 5.11 Å². The molecule has 8 heteroatoms. The standard InChI is InChI=1S/C8H8N4O3S/c1-15-8(14)7-5(2-3-16-7)11-6(13)4-10-12-9/h2-3H,4H2,1H3,(H,11,13). The second-order valence-corrected chi connectivity index (χ2v) is 3.51. The Morgan fingerprint density at radius 1 is 1.69 bits per heavy atom. The van der Waals surface area contributed by atoms with Gasteiger partial charge in [-0.05, 0) is 17.0 Å². The molecule has 0 unspecified atom stereocenters. The number of amides is 1. The van der Waals surface area contributed by atoms with E-state index in [0.29, 0.717) is 10.6 Å². The Kier molecular flexibility index (Phi) is 4.31. The minimum absolute atomic E-state index is 0.303. The minimum Gasteiger partial charge on any atom is -0.465 e. The normalized spacial score (nSPS) is 9.06. The van der Waals surface area contributed by atoms with Crippen molar-refractivity contribution in [1.29, 1.82) is 0 Å². The van der Waals surface area contributed by atoms with Crippen molar-refractivity contribution in [2.24, 2.45) is 5.11 Å². The average Bonchev–Trinajstić information content (AvgIpc) is 2.73. The molecule has 1 amide bonds. The smallest absolute Gasteiger partial charge is 0.350 e. The van der Waals surface area contributed by atoms with Crippen LogP contribution in [0.4, 0.5) is 5.69 Å². The molecule has 0 fully saturated rings. The number of ether oxygens (including phenoxy) is 1. The fourth-order valence-electron chi connectivity index (χ4n) is 0.944. The third kappa shape index (κ3) is 2.97. The topological polar surface area (TPSA) is 104 Å². The molecule has 7 nitrogen and oxygen atoms in total. The Hall–Kier alpha value is -2.05. The number of carbonyl (C=O) groups excluding carboxylic acids is 2. The van der Waals surface area contributed by atoms with Gasteiger partial charge in [0.2, 0.25) is 5.91 Å². The molecule has 0 aliphatic heterocycles. The van der Waals surface area contributed by atoms with E-state index in [1.807, 2.05) is 0 Å². The van der Waals surface area contributed by atoms with E-state index in [0.717, 1.165) is 11.3 Å². The highest BCUT2D eigenvalue weighted by Crippen LogP contribution is 2.22. The number of rotatable bonds is 4. The molecule has 16 heavy (non-hydrogen) atoms. The van der Waals surface area contributed by atoms with E-state index >= 15 is 0 Å². The molecule has 1 aromatic rings. The fourth-order valence-corrected chi connectivity index (χ4v) is 1.71. The maximum absolute atomic E-state index is 11.2. The zero-order valence-electron chi connectivity index (χ0n) is 8.34. The number of methoxy groups -OCH3 is 1. The molecule has 0 atom stereocenters. The first-order valence-corrected chi connectivity index (χ1v) is 5.03. The van der Waals surface area contributed by atoms with Gasteiger partial charge in [0.15, 0.2) is 0 Å². The number of nitrogens with one attached hydrogen (secondary N) is 1. The Labute approximate surface area is 94.7 Å². The van der Waals surface area contributed by atoms with Crippen molar-refractivity contribution in [1.82, 2.24) is 0 Å². The van der Waals surface area contributed by atoms with Crippen LogP contribution in [0.5, 0.6) is 0 Å². The summed E-state index contributed by atoms with van der Waals surface area (Å²) in [6.07, 6.45) is 0. The van der Waals surface area contributed by atoms with Crippen molar-refractivity contribution in [2.75, 3.05) is 19.0 Å². The van der Waals surface area contributed by atoms with E-state index in [1.165, 1.54) is 7.11 Å². The van der Waals surface area contributed by atoms with Crippen molar-refractivity contribution in [3.05, 3.63) is 26.8 Å². The number of hydrogen-bond acceptors (Lipinski definition) is 5. The maximum atomic E-state index is 11.2. The lowest BCUT2D eigenvalue weighted by Crippen LogP contribution is -2.15. The van der Waals surface area contributed by atoms with Gasteiger partial charge in [0, 0.05) is 4.91 Å². The van der Waals surface area contributed by atoms with Crippen LogP contribution in [0.15, 0.2) is 16.6 Å². The van der Waals surface area contributed by atoms with Crippen LogP contribution < -0.4 is 5.32 Å². The van der Waals surface area contributed by atoms with Gasteiger partial charge in [-0.15, -0.1) is 11.3 Å². The molecule has 0 aromatic carbocycles. The van der Waals surface area contributed by atoms with Gasteiger partial charge >= 0.3 is 5.97 Å². The van der Waals surface area contributed by atoms with Crippen LogP contribution in [0.3, 0.4) is 0 Å². The van der Waals surface area contributed by atoms with Gasteiger partial charge in [0.05, 0.1) is 12.8 Å². The van der Waals surface area contributed by atoms with Crippen LogP contribution in [-0.2, 0) is 9.53 Å². The first-order chi connectivity index (χ1) is 7.69. The summed E-state index contributed by atoms with van der Waals surface area (Å²) >= 11 is 1.16. The number of nitrogens with zero attached hydrogens (tertiary/aromatic N) is 3. The summed E-state index contributed by atoms with van der Waals surface area (Å²) in [5.41, 5.74) is 8.38. The average molecular weight is 240 g/mol. The Morgan fingerprint density at radius 2 is 2.44 bits per heavy atom. The lowest BCUT2D eigenvalue weighted by atomic mass is 10.4. The first-order valence-electron chi connectivity index (χ1n) is 4.15. The third-order valence-corrected chi connectivity index (χ3v) is 2.48. The van der Waals surface area contributed by atoms with E-state index in [4.69, 9.17) is 5.53 Å². The van der Waals surface area contributed by atoms with E-state index in [-0.39, 0.29) is 6.54 Å². The number of azide groups is 1. The fraction of sp³-hybridized carbons (Fsp3) is 0.250. The number of hydrogen-bond donors (Lipinski definition) is 1. The molecule has 1 rings (SSSR count). The number of esters is 1. The summed E-state index contributed by atoms with van der Waals surface area (Å²) in [6, 6.07) is 1.57. The molecule has 84 valence electrons. The van der Waals surface area contributed by atoms with Gasteiger partial charge in [-0.25, -0.2) is 4.79 Å². The monoisotopic (exact) mass is 240 g/mol. The second-order valence-electron chi connectivity index (χ2n) is 2.59. The highest BCUT2D eigenvalue weighted by atomic mass is 32.1. The summed E-state index contributed by atoms with van der Waals surface area (Å²) in [6.45, 7) is -0.313. The Morgan fingerprint density at radius 3 is 3.06 bits per heavy atom. The zero-order chi connectivity index (χ0) is 12.0. The molecular weight excluding hydrogens is 232 g/mol. The number of carbonyl (C=O) groups is 2. The molecule has 0 aliphatic carbocycles. The van der Waals surface area contributed by atoms with Crippen molar-refractivity contribution in [3.63, 3.8) is 0 Å². The first kappa shape index (κ1) is 12.0. The zero-order valence-corrected chi connectivity index (χ0v) is 9.15. The molecule has 0 bridgehead atoms. The summed E-state index contributed by atoms with van der Waals surface area (Å²) in [7, 11) is 1.26. The Balaban J connectivity index is 2.74. The number of thiophene rings is 1. The largest absolute Gasteiger partial charge is 0.465 e. The van der Waals surface area contributed by atoms with Gasteiger partial charge in [-0.2, -0.15) is 0 Å². The summed E-state index contributed by atoms with van der Waals surface area (Å²) in [5.74, 6) is -1.00. The maximum Gasteiger partial charge on any atom is 0.350 e. The SMILES string of the molecule is COC(=O)c1sccc1NC(=O)CN=[N+]=[N-]. The summed E-state index contributed by atoms with van der Waals surface area (Å²) in [4.78, 5) is 25.2. The van der Waals surface area contributed by atoms with Crippen LogP contribution >= 0.6 is 11.3 Å². The van der Waals surface area contributed by atoms with Gasteiger partial charge < -0.3 is 10.1 Å². The van der Waals surface area contributed by atoms with Gasteiger partial charge in [0.1, 0.15) is 11.4 Å². The lowest BCUT2D eigenvalue weighted by Gasteiger charge is -2.02. The second kappa shape index (κ2) is 5.74. The molecule has 1 heterocycles. The Bertz CT molecular complexity index is 450. The van der Waals surface area contributed by atoms with Gasteiger partial charge in [-0.3, -0.25) is 4.79 Å². The quantitative estimate of drug-likeness (QED) is 0.375. The molecule has 0 saturated carbocycles. The molecule has 1 aromatic heterocycles. The predicted octanol–water partition coefficient (Wildman–Crippen LogP) is 1.78. The van der Waals surface area contributed by atoms with Crippen LogP contribution in [0.25, 0.3) is 10.4 Å². The predicted molar refractivity (Wildman–Crippen MR) is 58.3 cm³/mol. The molecule has 1 N–H and O–H groups in total. The van der Waals surface area contributed by atoms with Crippen LogP contribution in [0, 0.1) is 0 Å². The van der Waals surface area contributed by atoms with E-state index < -0.39 is 11.9 Å². The van der Waals surface area contributed by atoms with Crippen LogP contribution in [0.1, 0.15) is 9.67 Å². The highest BCUT2D eigenvalue weighted by molar-refractivity contribution is 7.12. The molecule has 0 radical (unpaired) electrons. The van der Waals surface area contributed by atoms with E-state index in [1.54, 1.807) is 11.4 Å². The third-order valence-electron chi connectivity index (χ3n) is 1.59. The van der Waals surface area contributed by atoms with Gasteiger partial charge in [0.25, 0.3) is 0 Å². The van der Waals surface area contributed by atoms with E-state index in [9.17, 15) is 9.59 Å². The number of anilines is 1. The van der Waals surface area contributed by atoms with E-state index in [2.05, 4.69) is 20.1 Å². The van der Waals surface area contributed by atoms with Crippen molar-refractivity contribution in [3.8, 4) is 0 Å². The summed E-state index contributed by atoms with van der Waals surface area (Å²) < 4.78 is 4.54. The molecule has 0 aliphatic rings. The van der Waals surface area contributed by atoms with Crippen molar-refractivity contribution in [2.45, 2.75) is 0 Å². The summed E-state index contributed by atoms with van der Waals surface area (Å²) in [5, 5.41) is 7.20. The van der Waals surface area contributed by atoms with Crippen LogP contribution in [-0.4, -0.2) is 25.5 Å². The highest BCUT2D eigenvalue weighted by Gasteiger charge is 2.14. The lowest BCUT2D eigenvalue weighted by molar-refractivity contribution is -0.114. The molecule has 0 spiro atoms. The van der Waals surface area contributed by atoms with Crippen molar-refractivity contribution < 1.29 is 14.3 Å². The minimum atomic E-state index is -0.519. The molecule has 0 saturated heterocycles. The molecular formula is C8H8N4O3S. The van der Waals surface area contributed by atoms with Crippen molar-refractivity contribution >= 4 is 28.9 Å². The van der Waals surface area contributed by atoms with Crippen LogP contribution in [0.2, 0.25) is 0 Å².